The summed E-state index contributed by atoms with van der Waals surface area (Å²) in [5.74, 6) is 0.796. The minimum Gasteiger partial charge on any atom is -0.489 e. The summed E-state index contributed by atoms with van der Waals surface area (Å²) >= 11 is 1.68. The average molecular weight is 430 g/mol. The van der Waals surface area contributed by atoms with Crippen LogP contribution in [0.3, 0.4) is 0 Å². The van der Waals surface area contributed by atoms with E-state index in [1.54, 1.807) is 11.3 Å². The van der Waals surface area contributed by atoms with E-state index < -0.39 is 0 Å². The molecule has 0 bridgehead atoms. The lowest BCUT2D eigenvalue weighted by Crippen LogP contribution is -2.45. The van der Waals surface area contributed by atoms with Gasteiger partial charge in [0.1, 0.15) is 17.4 Å². The highest BCUT2D eigenvalue weighted by molar-refractivity contribution is 7.18. The third-order valence-electron chi connectivity index (χ3n) is 5.43. The van der Waals surface area contributed by atoms with E-state index in [2.05, 4.69) is 6.07 Å². The maximum absolute atomic E-state index is 13.5. The van der Waals surface area contributed by atoms with Gasteiger partial charge in [-0.1, -0.05) is 54.6 Å². The summed E-state index contributed by atoms with van der Waals surface area (Å²) in [6.07, 6.45) is 0. The van der Waals surface area contributed by atoms with E-state index in [-0.39, 0.29) is 11.9 Å². The van der Waals surface area contributed by atoms with Gasteiger partial charge < -0.3 is 4.74 Å². The molecule has 1 amide bonds. The molecule has 1 unspecified atom stereocenters. The Hall–Kier alpha value is -3.22. The fraction of sp³-hybridized carbons (Fsp3) is 0.200. The molecular weight excluding hydrogens is 406 g/mol. The summed E-state index contributed by atoms with van der Waals surface area (Å²) < 4.78 is 7.16. The number of thiazole rings is 1. The molecule has 0 fully saturated rings. The first-order chi connectivity index (χ1) is 15.2. The lowest BCUT2D eigenvalue weighted by molar-refractivity contribution is -0.120. The number of benzene rings is 3. The van der Waals surface area contributed by atoms with Gasteiger partial charge in [0.05, 0.1) is 35.0 Å². The Morgan fingerprint density at radius 1 is 1.06 bits per heavy atom. The van der Waals surface area contributed by atoms with Gasteiger partial charge in [-0.15, -0.1) is 11.3 Å². The van der Waals surface area contributed by atoms with Crippen molar-refractivity contribution in [3.63, 3.8) is 0 Å². The van der Waals surface area contributed by atoms with E-state index in [4.69, 9.17) is 9.72 Å². The van der Waals surface area contributed by atoms with Gasteiger partial charge in [0.15, 0.2) is 0 Å². The zero-order valence-electron chi connectivity index (χ0n) is 17.3. The van der Waals surface area contributed by atoms with Gasteiger partial charge in [-0.25, -0.2) is 4.98 Å². The molecule has 1 atom stereocenters. The number of ether oxygens (including phenoxy) is 1. The molecule has 156 valence electrons. The van der Waals surface area contributed by atoms with Crippen molar-refractivity contribution in [2.24, 2.45) is 0 Å². The van der Waals surface area contributed by atoms with Crippen LogP contribution in [0.4, 0.5) is 5.69 Å². The van der Waals surface area contributed by atoms with Crippen LogP contribution in [-0.4, -0.2) is 36.0 Å². The van der Waals surface area contributed by atoms with Crippen LogP contribution in [0.15, 0.2) is 78.9 Å². The normalized spacial score (nSPS) is 15.7. The SMILES string of the molecule is CN(CC(=O)N1c2ccccc2OCC1c1ccccc1)Cc1nc2ccccc2s1. The number of para-hydroxylation sites is 3. The van der Waals surface area contributed by atoms with Crippen molar-refractivity contribution in [2.45, 2.75) is 12.6 Å². The molecule has 0 aliphatic carbocycles. The molecule has 1 aliphatic rings. The Morgan fingerprint density at radius 3 is 2.65 bits per heavy atom. The van der Waals surface area contributed by atoms with Crippen LogP contribution in [0.1, 0.15) is 16.6 Å². The predicted molar refractivity (Wildman–Crippen MR) is 125 cm³/mol. The fourth-order valence-corrected chi connectivity index (χ4v) is 5.05. The van der Waals surface area contributed by atoms with Crippen molar-refractivity contribution in [1.82, 2.24) is 9.88 Å². The fourth-order valence-electron chi connectivity index (χ4n) is 4.00. The smallest absolute Gasteiger partial charge is 0.241 e. The molecule has 1 aliphatic heterocycles. The quantitative estimate of drug-likeness (QED) is 0.453. The summed E-state index contributed by atoms with van der Waals surface area (Å²) in [4.78, 5) is 22.2. The number of carbonyl (C=O) groups excluding carboxylic acids is 1. The highest BCUT2D eigenvalue weighted by Crippen LogP contribution is 2.39. The number of aromatic nitrogens is 1. The van der Waals surface area contributed by atoms with E-state index in [0.717, 1.165) is 27.5 Å². The predicted octanol–water partition coefficient (Wildman–Crippen LogP) is 4.90. The average Bonchev–Trinajstić information content (AvgIpc) is 3.20. The van der Waals surface area contributed by atoms with Gasteiger partial charge in [-0.3, -0.25) is 14.6 Å². The van der Waals surface area contributed by atoms with E-state index in [1.165, 1.54) is 4.70 Å². The number of rotatable bonds is 5. The lowest BCUT2D eigenvalue weighted by atomic mass is 10.0. The van der Waals surface area contributed by atoms with Gasteiger partial charge >= 0.3 is 0 Å². The summed E-state index contributed by atoms with van der Waals surface area (Å²) in [5.41, 5.74) is 2.90. The molecule has 2 heterocycles. The van der Waals surface area contributed by atoms with Crippen LogP contribution in [0, 0.1) is 0 Å². The van der Waals surface area contributed by atoms with Gasteiger partial charge in [0.2, 0.25) is 5.91 Å². The molecule has 0 radical (unpaired) electrons. The maximum atomic E-state index is 13.5. The molecule has 5 nitrogen and oxygen atoms in total. The molecule has 3 aromatic carbocycles. The van der Waals surface area contributed by atoms with E-state index in [0.29, 0.717) is 19.7 Å². The number of amides is 1. The Balaban J connectivity index is 1.38. The number of hydrogen-bond donors (Lipinski definition) is 0. The molecule has 0 spiro atoms. The van der Waals surface area contributed by atoms with Gasteiger partial charge in [-0.2, -0.15) is 0 Å². The van der Waals surface area contributed by atoms with E-state index >= 15 is 0 Å². The Bertz CT molecular complexity index is 1170. The summed E-state index contributed by atoms with van der Waals surface area (Å²) in [5, 5.41) is 1.01. The second-order valence-corrected chi connectivity index (χ2v) is 8.83. The van der Waals surface area contributed by atoms with Crippen molar-refractivity contribution < 1.29 is 9.53 Å². The number of hydrogen-bond acceptors (Lipinski definition) is 5. The molecule has 6 heteroatoms. The van der Waals surface area contributed by atoms with Crippen molar-refractivity contribution in [2.75, 3.05) is 25.1 Å². The first-order valence-corrected chi connectivity index (χ1v) is 11.1. The number of carbonyl (C=O) groups is 1. The highest BCUT2D eigenvalue weighted by Gasteiger charge is 2.33. The van der Waals surface area contributed by atoms with E-state index in [1.807, 2.05) is 89.6 Å². The highest BCUT2D eigenvalue weighted by atomic mass is 32.1. The molecule has 31 heavy (non-hydrogen) atoms. The first-order valence-electron chi connectivity index (χ1n) is 10.3. The number of anilines is 1. The van der Waals surface area contributed by atoms with Gasteiger partial charge in [0, 0.05) is 0 Å². The Kier molecular flexibility index (Phi) is 5.40. The minimum absolute atomic E-state index is 0.0493. The van der Waals surface area contributed by atoms with Crippen LogP contribution in [-0.2, 0) is 11.3 Å². The molecule has 5 rings (SSSR count). The van der Waals surface area contributed by atoms with Crippen molar-refractivity contribution >= 4 is 33.1 Å². The standard InChI is InChI=1S/C25H23N3O2S/c1-27(15-24-26-19-11-5-8-14-23(19)31-24)16-25(29)28-20-12-6-7-13-22(20)30-17-21(28)18-9-3-2-4-10-18/h2-14,21H,15-17H2,1H3. The van der Waals surface area contributed by atoms with Crippen LogP contribution in [0.5, 0.6) is 5.75 Å². The maximum Gasteiger partial charge on any atom is 0.241 e. The third-order valence-corrected chi connectivity index (χ3v) is 6.46. The topological polar surface area (TPSA) is 45.7 Å². The van der Waals surface area contributed by atoms with Crippen LogP contribution < -0.4 is 9.64 Å². The number of fused-ring (bicyclic) bond motifs is 2. The van der Waals surface area contributed by atoms with Crippen molar-refractivity contribution in [3.05, 3.63) is 89.4 Å². The summed E-state index contributed by atoms with van der Waals surface area (Å²) in [6.45, 7) is 1.37. The zero-order valence-corrected chi connectivity index (χ0v) is 18.1. The lowest BCUT2D eigenvalue weighted by Gasteiger charge is -2.38. The van der Waals surface area contributed by atoms with Crippen LogP contribution in [0.25, 0.3) is 10.2 Å². The largest absolute Gasteiger partial charge is 0.489 e. The Morgan fingerprint density at radius 2 is 1.81 bits per heavy atom. The Labute approximate surface area is 185 Å². The first kappa shape index (κ1) is 19.7. The van der Waals surface area contributed by atoms with E-state index in [9.17, 15) is 4.79 Å². The van der Waals surface area contributed by atoms with Gasteiger partial charge in [0.25, 0.3) is 0 Å². The third kappa shape index (κ3) is 4.04. The van der Waals surface area contributed by atoms with Crippen molar-refractivity contribution in [1.29, 1.82) is 0 Å². The molecule has 0 N–H and O–H groups in total. The molecular formula is C25H23N3O2S. The second-order valence-electron chi connectivity index (χ2n) is 7.72. The molecule has 0 saturated carbocycles. The molecule has 1 aromatic heterocycles. The van der Waals surface area contributed by atoms with Crippen LogP contribution in [0.2, 0.25) is 0 Å². The second kappa shape index (κ2) is 8.49. The zero-order chi connectivity index (χ0) is 21.2. The van der Waals surface area contributed by atoms with Gasteiger partial charge in [-0.05, 0) is 36.9 Å². The summed E-state index contributed by atoms with van der Waals surface area (Å²) in [6, 6.07) is 25.8. The number of nitrogens with zero attached hydrogens (tertiary/aromatic N) is 3. The van der Waals surface area contributed by atoms with Crippen LogP contribution >= 0.6 is 11.3 Å². The molecule has 0 saturated heterocycles. The van der Waals surface area contributed by atoms with Crippen molar-refractivity contribution in [3.8, 4) is 5.75 Å². The number of likely N-dealkylation sites (N-methyl/N-ethyl adjacent to an activating group) is 1. The minimum atomic E-state index is -0.153. The summed E-state index contributed by atoms with van der Waals surface area (Å²) in [7, 11) is 1.97. The monoisotopic (exact) mass is 429 g/mol. The molecule has 4 aromatic rings.